The standard InChI is InChI=1S/C20H20ClN3O3/c1-13-8-14(2)10-16(9-13)24(7-3-6-22)19(25)12-27-20(26)17-5-4-15(21)11-18(17)23/h4-5,8-11H,3,7,12,23H2,1-2H3. The number of halogens is 1. The summed E-state index contributed by atoms with van der Waals surface area (Å²) < 4.78 is 5.12. The van der Waals surface area contributed by atoms with E-state index in [9.17, 15) is 9.59 Å². The minimum absolute atomic E-state index is 0.141. The molecule has 0 aromatic heterocycles. The zero-order chi connectivity index (χ0) is 20.0. The highest BCUT2D eigenvalue weighted by Crippen LogP contribution is 2.21. The van der Waals surface area contributed by atoms with E-state index < -0.39 is 18.5 Å². The summed E-state index contributed by atoms with van der Waals surface area (Å²) in [4.78, 5) is 26.3. The molecule has 0 aliphatic rings. The third-order valence-electron chi connectivity index (χ3n) is 3.83. The van der Waals surface area contributed by atoms with Crippen molar-refractivity contribution in [1.82, 2.24) is 0 Å². The van der Waals surface area contributed by atoms with Crippen LogP contribution in [0.3, 0.4) is 0 Å². The molecule has 0 radical (unpaired) electrons. The van der Waals surface area contributed by atoms with Crippen LogP contribution >= 0.6 is 11.6 Å². The molecule has 0 heterocycles. The van der Waals surface area contributed by atoms with Crippen LogP contribution < -0.4 is 10.6 Å². The molecule has 0 unspecified atom stereocenters. The molecule has 6 nitrogen and oxygen atoms in total. The fourth-order valence-electron chi connectivity index (χ4n) is 2.67. The molecule has 2 aromatic rings. The Kier molecular flexibility index (Phi) is 6.80. The maximum absolute atomic E-state index is 12.6. The summed E-state index contributed by atoms with van der Waals surface area (Å²) in [7, 11) is 0. The number of carbonyl (C=O) groups excluding carboxylic acids is 2. The smallest absolute Gasteiger partial charge is 0.340 e. The van der Waals surface area contributed by atoms with E-state index in [1.165, 1.54) is 23.1 Å². The van der Waals surface area contributed by atoms with Gasteiger partial charge in [-0.3, -0.25) is 4.79 Å². The Morgan fingerprint density at radius 1 is 1.19 bits per heavy atom. The van der Waals surface area contributed by atoms with E-state index >= 15 is 0 Å². The summed E-state index contributed by atoms with van der Waals surface area (Å²) in [5.74, 6) is -1.13. The van der Waals surface area contributed by atoms with Crippen molar-refractivity contribution >= 4 is 34.9 Å². The van der Waals surface area contributed by atoms with Crippen molar-refractivity contribution < 1.29 is 14.3 Å². The van der Waals surface area contributed by atoms with Crippen LogP contribution in [0.1, 0.15) is 27.9 Å². The molecule has 0 aliphatic heterocycles. The number of hydrogen-bond acceptors (Lipinski definition) is 5. The molecule has 140 valence electrons. The zero-order valence-corrected chi connectivity index (χ0v) is 15.9. The highest BCUT2D eigenvalue weighted by molar-refractivity contribution is 6.31. The molecule has 0 saturated carbocycles. The molecule has 0 spiro atoms. The summed E-state index contributed by atoms with van der Waals surface area (Å²) >= 11 is 5.81. The molecule has 27 heavy (non-hydrogen) atoms. The van der Waals surface area contributed by atoms with E-state index in [0.29, 0.717) is 10.7 Å². The van der Waals surface area contributed by atoms with Gasteiger partial charge < -0.3 is 15.4 Å². The predicted molar refractivity (Wildman–Crippen MR) is 105 cm³/mol. The van der Waals surface area contributed by atoms with Gasteiger partial charge in [-0.1, -0.05) is 17.7 Å². The van der Waals surface area contributed by atoms with Crippen LogP contribution in [0.15, 0.2) is 36.4 Å². The molecule has 2 N–H and O–H groups in total. The van der Waals surface area contributed by atoms with E-state index in [-0.39, 0.29) is 24.2 Å². The van der Waals surface area contributed by atoms with Gasteiger partial charge in [0.25, 0.3) is 5.91 Å². The molecule has 0 saturated heterocycles. The third kappa shape index (κ3) is 5.47. The van der Waals surface area contributed by atoms with Crippen molar-refractivity contribution in [3.05, 3.63) is 58.1 Å². The minimum atomic E-state index is -0.710. The average Bonchev–Trinajstić information content (AvgIpc) is 2.59. The molecule has 1 amide bonds. The molecule has 2 rings (SSSR count). The van der Waals surface area contributed by atoms with Gasteiger partial charge in [-0.2, -0.15) is 5.26 Å². The van der Waals surface area contributed by atoms with Gasteiger partial charge in [0.2, 0.25) is 0 Å². The summed E-state index contributed by atoms with van der Waals surface area (Å²) in [6.07, 6.45) is 0.164. The van der Waals surface area contributed by atoms with Crippen molar-refractivity contribution in [2.45, 2.75) is 20.3 Å². The van der Waals surface area contributed by atoms with Gasteiger partial charge in [0.1, 0.15) is 0 Å². The molecule has 2 aromatic carbocycles. The number of nitriles is 1. The van der Waals surface area contributed by atoms with E-state index in [0.717, 1.165) is 11.1 Å². The average molecular weight is 386 g/mol. The summed E-state index contributed by atoms with van der Waals surface area (Å²) in [5.41, 5.74) is 8.72. The summed E-state index contributed by atoms with van der Waals surface area (Å²) in [5, 5.41) is 9.28. The molecule has 0 aliphatic carbocycles. The topological polar surface area (TPSA) is 96.4 Å². The Morgan fingerprint density at radius 2 is 1.85 bits per heavy atom. The maximum Gasteiger partial charge on any atom is 0.340 e. The number of carbonyl (C=O) groups is 2. The van der Waals surface area contributed by atoms with Crippen LogP contribution in [0.2, 0.25) is 5.02 Å². The predicted octanol–water partition coefficient (Wildman–Crippen LogP) is 3.64. The number of anilines is 2. The second-order valence-electron chi connectivity index (χ2n) is 6.11. The number of benzene rings is 2. The van der Waals surface area contributed by atoms with Gasteiger partial charge in [0.15, 0.2) is 6.61 Å². The number of nitrogens with zero attached hydrogens (tertiary/aromatic N) is 2. The molecule has 7 heteroatoms. The largest absolute Gasteiger partial charge is 0.452 e. The van der Waals surface area contributed by atoms with E-state index in [2.05, 4.69) is 0 Å². The van der Waals surface area contributed by atoms with Crippen molar-refractivity contribution in [2.75, 3.05) is 23.8 Å². The number of nitrogen functional groups attached to an aromatic ring is 1. The number of amides is 1. The number of ether oxygens (including phenoxy) is 1. The van der Waals surface area contributed by atoms with E-state index in [1.807, 2.05) is 38.1 Å². The number of nitrogens with two attached hydrogens (primary N) is 1. The Hall–Kier alpha value is -3.04. The molecule has 0 bridgehead atoms. The fraction of sp³-hybridized carbons (Fsp3) is 0.250. The van der Waals surface area contributed by atoms with Crippen molar-refractivity contribution in [3.8, 4) is 6.07 Å². The third-order valence-corrected chi connectivity index (χ3v) is 4.06. The summed E-state index contributed by atoms with van der Waals surface area (Å²) in [6.45, 7) is 3.59. The fourth-order valence-corrected chi connectivity index (χ4v) is 2.85. The minimum Gasteiger partial charge on any atom is -0.452 e. The molecule has 0 fully saturated rings. The number of esters is 1. The number of aryl methyl sites for hydroxylation is 2. The van der Waals surface area contributed by atoms with Gasteiger partial charge in [0.05, 0.1) is 18.1 Å². The quantitative estimate of drug-likeness (QED) is 0.604. The number of rotatable bonds is 6. The second-order valence-corrected chi connectivity index (χ2v) is 6.54. The number of hydrogen-bond donors (Lipinski definition) is 1. The van der Waals surface area contributed by atoms with Crippen molar-refractivity contribution in [1.29, 1.82) is 5.26 Å². The normalized spacial score (nSPS) is 10.1. The van der Waals surface area contributed by atoms with Gasteiger partial charge in [-0.25, -0.2) is 4.79 Å². The first kappa shape index (κ1) is 20.3. The SMILES string of the molecule is Cc1cc(C)cc(N(CCC#N)C(=O)COC(=O)c2ccc(Cl)cc2N)c1. The Labute approximate surface area is 163 Å². The van der Waals surface area contributed by atoms with Crippen LogP contribution in [-0.2, 0) is 9.53 Å². The second kappa shape index (κ2) is 9.06. The monoisotopic (exact) mass is 385 g/mol. The Balaban J connectivity index is 2.13. The van der Waals surface area contributed by atoms with Gasteiger partial charge >= 0.3 is 5.97 Å². The molecule has 0 atom stereocenters. The lowest BCUT2D eigenvalue weighted by Gasteiger charge is -2.22. The first-order chi connectivity index (χ1) is 12.8. The van der Waals surface area contributed by atoms with Crippen LogP contribution in [0, 0.1) is 25.2 Å². The Bertz CT molecular complexity index is 886. The molecular weight excluding hydrogens is 366 g/mol. The van der Waals surface area contributed by atoms with Crippen LogP contribution in [0.5, 0.6) is 0 Å². The lowest BCUT2D eigenvalue weighted by molar-refractivity contribution is -0.121. The highest BCUT2D eigenvalue weighted by Gasteiger charge is 2.19. The highest BCUT2D eigenvalue weighted by atomic mass is 35.5. The van der Waals surface area contributed by atoms with Crippen LogP contribution in [0.4, 0.5) is 11.4 Å². The van der Waals surface area contributed by atoms with Crippen molar-refractivity contribution in [2.24, 2.45) is 0 Å². The van der Waals surface area contributed by atoms with Gasteiger partial charge in [0, 0.05) is 22.9 Å². The van der Waals surface area contributed by atoms with E-state index in [4.69, 9.17) is 27.3 Å². The van der Waals surface area contributed by atoms with E-state index in [1.54, 1.807) is 0 Å². The first-order valence-electron chi connectivity index (χ1n) is 8.29. The van der Waals surface area contributed by atoms with Crippen molar-refractivity contribution in [3.63, 3.8) is 0 Å². The van der Waals surface area contributed by atoms with Crippen LogP contribution in [-0.4, -0.2) is 25.0 Å². The maximum atomic E-state index is 12.6. The van der Waals surface area contributed by atoms with Gasteiger partial charge in [-0.05, 0) is 55.3 Å². The lowest BCUT2D eigenvalue weighted by atomic mass is 10.1. The van der Waals surface area contributed by atoms with Gasteiger partial charge in [-0.15, -0.1) is 0 Å². The van der Waals surface area contributed by atoms with Crippen LogP contribution in [0.25, 0.3) is 0 Å². The molecular formula is C20H20ClN3O3. The lowest BCUT2D eigenvalue weighted by Crippen LogP contribution is -2.35. The Morgan fingerprint density at radius 3 is 2.44 bits per heavy atom. The zero-order valence-electron chi connectivity index (χ0n) is 15.2. The first-order valence-corrected chi connectivity index (χ1v) is 8.67. The summed E-state index contributed by atoms with van der Waals surface area (Å²) in [6, 6.07) is 12.1.